The summed E-state index contributed by atoms with van der Waals surface area (Å²) in [6, 6.07) is 12.6. The zero-order valence-electron chi connectivity index (χ0n) is 21.7. The molecule has 0 amide bonds. The maximum atomic E-state index is 15.5. The first-order chi connectivity index (χ1) is 19.1. The molecule has 0 aliphatic carbocycles. The lowest BCUT2D eigenvalue weighted by molar-refractivity contribution is 0.298. The highest BCUT2D eigenvalue weighted by molar-refractivity contribution is 7.88. The van der Waals surface area contributed by atoms with Gasteiger partial charge in [0, 0.05) is 55.0 Å². The molecule has 0 radical (unpaired) electrons. The molecular weight excluding hydrogens is 558 g/mol. The van der Waals surface area contributed by atoms with E-state index >= 15 is 4.39 Å². The third-order valence-electron chi connectivity index (χ3n) is 6.55. The Hall–Kier alpha value is -3.70. The summed E-state index contributed by atoms with van der Waals surface area (Å²) in [5, 5.41) is 20.4. The third-order valence-corrected chi connectivity index (χ3v) is 8.30. The number of benzene rings is 2. The number of aliphatic hydroxyl groups excluding tert-OH is 1. The van der Waals surface area contributed by atoms with Crippen LogP contribution in [0.5, 0.6) is 0 Å². The second kappa shape index (κ2) is 11.1. The molecule has 0 unspecified atom stereocenters. The predicted octanol–water partition coefficient (Wildman–Crippen LogP) is 3.94. The summed E-state index contributed by atoms with van der Waals surface area (Å²) in [5.74, 6) is -0.945. The Kier molecular flexibility index (Phi) is 7.70. The standard InChI is InChI=1S/C27H26F2N6O3S2/c1-3-35(27-32-25(24(13-30)39-27)16-4-6-17(28)7-5-16)23-10-18(8-9-36)31-26-21(23)11-20(12-22(26)29)34-14-19(15-34)33-40(2,37)38/h4-7,10-12,19,33,36H,3,8-9,14-15H2,1-2H3. The van der Waals surface area contributed by atoms with E-state index < -0.39 is 21.7 Å². The Morgan fingerprint density at radius 2 is 1.93 bits per heavy atom. The number of aliphatic hydroxyl groups is 1. The average molecular weight is 585 g/mol. The van der Waals surface area contributed by atoms with Crippen LogP contribution in [0.15, 0.2) is 42.5 Å². The van der Waals surface area contributed by atoms with Gasteiger partial charge in [0.1, 0.15) is 28.0 Å². The van der Waals surface area contributed by atoms with Crippen LogP contribution in [0, 0.1) is 23.0 Å². The summed E-state index contributed by atoms with van der Waals surface area (Å²) in [6.07, 6.45) is 1.32. The first-order valence-electron chi connectivity index (χ1n) is 12.5. The molecule has 3 heterocycles. The smallest absolute Gasteiger partial charge is 0.209 e. The van der Waals surface area contributed by atoms with Gasteiger partial charge < -0.3 is 14.9 Å². The van der Waals surface area contributed by atoms with Crippen molar-refractivity contribution in [1.82, 2.24) is 14.7 Å². The molecule has 208 valence electrons. The summed E-state index contributed by atoms with van der Waals surface area (Å²) in [7, 11) is -3.36. The minimum atomic E-state index is -3.36. The highest BCUT2D eigenvalue weighted by atomic mass is 32.2. The Morgan fingerprint density at radius 3 is 2.55 bits per heavy atom. The Morgan fingerprint density at radius 1 is 1.20 bits per heavy atom. The molecule has 1 saturated heterocycles. The van der Waals surface area contributed by atoms with Crippen LogP contribution in [0.3, 0.4) is 0 Å². The normalized spacial score (nSPS) is 13.8. The number of rotatable bonds is 9. The van der Waals surface area contributed by atoms with Gasteiger partial charge in [-0.15, -0.1) is 0 Å². The number of nitrogens with one attached hydrogen (secondary N) is 1. The zero-order chi connectivity index (χ0) is 28.6. The summed E-state index contributed by atoms with van der Waals surface area (Å²) in [6.45, 7) is 2.94. The van der Waals surface area contributed by atoms with Gasteiger partial charge in [-0.05, 0) is 49.4 Å². The van der Waals surface area contributed by atoms with E-state index in [2.05, 4.69) is 15.8 Å². The van der Waals surface area contributed by atoms with E-state index in [0.29, 0.717) is 63.4 Å². The molecule has 9 nitrogen and oxygen atoms in total. The lowest BCUT2D eigenvalue weighted by Gasteiger charge is -2.41. The average Bonchev–Trinajstić information content (AvgIpc) is 3.31. The van der Waals surface area contributed by atoms with Crippen LogP contribution < -0.4 is 14.5 Å². The third kappa shape index (κ3) is 5.62. The molecule has 5 rings (SSSR count). The molecule has 2 aromatic carbocycles. The number of anilines is 3. The number of hydrogen-bond donors (Lipinski definition) is 2. The van der Waals surface area contributed by atoms with Gasteiger partial charge in [-0.2, -0.15) is 5.26 Å². The first-order valence-corrected chi connectivity index (χ1v) is 15.2. The highest BCUT2D eigenvalue weighted by Gasteiger charge is 2.30. The summed E-state index contributed by atoms with van der Waals surface area (Å²) in [4.78, 5) is 13.3. The molecule has 13 heteroatoms. The number of nitriles is 1. The van der Waals surface area contributed by atoms with Crippen molar-refractivity contribution in [1.29, 1.82) is 5.26 Å². The number of pyridine rings is 1. The monoisotopic (exact) mass is 584 g/mol. The van der Waals surface area contributed by atoms with E-state index in [-0.39, 0.29) is 24.6 Å². The molecule has 2 aromatic heterocycles. The van der Waals surface area contributed by atoms with E-state index in [4.69, 9.17) is 4.98 Å². The van der Waals surface area contributed by atoms with Gasteiger partial charge in [-0.25, -0.2) is 31.9 Å². The Labute approximate surface area is 234 Å². The fourth-order valence-corrected chi connectivity index (χ4v) is 6.45. The second-order valence-electron chi connectivity index (χ2n) is 9.46. The van der Waals surface area contributed by atoms with Gasteiger partial charge in [0.25, 0.3) is 0 Å². The minimum absolute atomic E-state index is 0.130. The molecule has 1 aliphatic heterocycles. The number of fused-ring (bicyclic) bond motifs is 1. The van der Waals surface area contributed by atoms with Crippen molar-refractivity contribution in [3.63, 3.8) is 0 Å². The van der Waals surface area contributed by atoms with Crippen LogP contribution in [0.4, 0.5) is 25.3 Å². The molecule has 40 heavy (non-hydrogen) atoms. The van der Waals surface area contributed by atoms with E-state index in [0.717, 1.165) is 6.26 Å². The summed E-state index contributed by atoms with van der Waals surface area (Å²) in [5.41, 5.74) is 2.83. The summed E-state index contributed by atoms with van der Waals surface area (Å²) < 4.78 is 54.7. The number of nitrogens with zero attached hydrogens (tertiary/aromatic N) is 5. The van der Waals surface area contributed by atoms with Gasteiger partial charge in [0.15, 0.2) is 10.9 Å². The van der Waals surface area contributed by atoms with Crippen LogP contribution >= 0.6 is 11.3 Å². The van der Waals surface area contributed by atoms with Crippen LogP contribution in [-0.4, -0.2) is 62.0 Å². The molecule has 2 N–H and O–H groups in total. The predicted molar refractivity (Wildman–Crippen MR) is 151 cm³/mol. The first kappa shape index (κ1) is 27.9. The SMILES string of the molecule is CCN(c1nc(-c2ccc(F)cc2)c(C#N)s1)c1cc(CCO)nc2c(F)cc(N3CC(NS(C)(=O)=O)C3)cc12. The van der Waals surface area contributed by atoms with Crippen molar-refractivity contribution in [2.45, 2.75) is 19.4 Å². The van der Waals surface area contributed by atoms with Gasteiger partial charge in [-0.1, -0.05) is 11.3 Å². The lowest BCUT2D eigenvalue weighted by atomic mass is 10.0. The second-order valence-corrected chi connectivity index (χ2v) is 12.2. The van der Waals surface area contributed by atoms with Crippen molar-refractivity contribution in [3.8, 4) is 17.3 Å². The van der Waals surface area contributed by atoms with E-state index in [1.807, 2.05) is 22.8 Å². The fraction of sp³-hybridized carbons (Fsp3) is 0.296. The van der Waals surface area contributed by atoms with Crippen molar-refractivity contribution in [2.24, 2.45) is 0 Å². The van der Waals surface area contributed by atoms with Gasteiger partial charge in [0.05, 0.1) is 18.0 Å². The van der Waals surface area contributed by atoms with Crippen molar-refractivity contribution < 1.29 is 22.3 Å². The van der Waals surface area contributed by atoms with Crippen LogP contribution in [0.25, 0.3) is 22.2 Å². The number of thiazole rings is 1. The van der Waals surface area contributed by atoms with Gasteiger partial charge in [0.2, 0.25) is 10.0 Å². The molecule has 1 aliphatic rings. The summed E-state index contributed by atoms with van der Waals surface area (Å²) >= 11 is 1.17. The van der Waals surface area contributed by atoms with Crippen LogP contribution in [-0.2, 0) is 16.4 Å². The van der Waals surface area contributed by atoms with Gasteiger partial charge in [-0.3, -0.25) is 0 Å². The fourth-order valence-electron chi connectivity index (χ4n) is 4.73. The number of halogens is 2. The molecule has 0 atom stereocenters. The van der Waals surface area contributed by atoms with Crippen LogP contribution in [0.1, 0.15) is 17.5 Å². The zero-order valence-corrected chi connectivity index (χ0v) is 23.4. The quantitative estimate of drug-likeness (QED) is 0.303. The molecular formula is C27H26F2N6O3S2. The molecule has 1 fully saturated rings. The maximum Gasteiger partial charge on any atom is 0.209 e. The Bertz CT molecular complexity index is 1720. The van der Waals surface area contributed by atoms with E-state index in [1.54, 1.807) is 18.2 Å². The number of hydrogen-bond acceptors (Lipinski definition) is 9. The number of sulfonamides is 1. The minimum Gasteiger partial charge on any atom is -0.396 e. The van der Waals surface area contributed by atoms with Crippen molar-refractivity contribution in [3.05, 3.63) is 64.7 Å². The van der Waals surface area contributed by atoms with E-state index in [1.165, 1.54) is 29.5 Å². The molecule has 0 saturated carbocycles. The Balaban J connectivity index is 1.60. The molecule has 0 bridgehead atoms. The van der Waals surface area contributed by atoms with Crippen LogP contribution in [0.2, 0.25) is 0 Å². The largest absolute Gasteiger partial charge is 0.396 e. The molecule has 0 spiro atoms. The van der Waals surface area contributed by atoms with E-state index in [9.17, 15) is 23.2 Å². The molecule has 4 aromatic rings. The van der Waals surface area contributed by atoms with Crippen molar-refractivity contribution in [2.75, 3.05) is 42.3 Å². The van der Waals surface area contributed by atoms with Gasteiger partial charge >= 0.3 is 0 Å². The number of aromatic nitrogens is 2. The topological polar surface area (TPSA) is 122 Å². The highest BCUT2D eigenvalue weighted by Crippen LogP contribution is 2.40. The maximum absolute atomic E-state index is 15.5. The lowest BCUT2D eigenvalue weighted by Crippen LogP contribution is -2.59. The van der Waals surface area contributed by atoms with Crippen molar-refractivity contribution >= 4 is 48.8 Å².